The number of ether oxygens (including phenoxy) is 3. The number of esters is 1. The Kier molecular flexibility index (Phi) is 6.42. The van der Waals surface area contributed by atoms with Crippen molar-refractivity contribution in [1.29, 1.82) is 0 Å². The molecule has 2 aromatic carbocycles. The number of rotatable bonds is 6. The van der Waals surface area contributed by atoms with Crippen molar-refractivity contribution in [2.75, 3.05) is 7.11 Å². The van der Waals surface area contributed by atoms with Crippen molar-refractivity contribution in [3.8, 4) is 11.5 Å². The summed E-state index contributed by atoms with van der Waals surface area (Å²) in [5.41, 5.74) is 0.774. The predicted octanol–water partition coefficient (Wildman–Crippen LogP) is 5.15. The fourth-order valence-corrected chi connectivity index (χ4v) is 3.46. The van der Waals surface area contributed by atoms with E-state index in [0.717, 1.165) is 0 Å². The number of nitrogens with zero attached hydrogens (tertiary/aromatic N) is 2. The first-order valence-corrected chi connectivity index (χ1v) is 9.87. The first-order chi connectivity index (χ1) is 14.2. The number of aliphatic imine (C=N–C) groups is 1. The van der Waals surface area contributed by atoms with Gasteiger partial charge in [0.15, 0.2) is 17.2 Å². The van der Waals surface area contributed by atoms with Crippen LogP contribution in [0.4, 0.5) is 5.69 Å². The average Bonchev–Trinajstić information content (AvgIpc) is 3.03. The maximum absolute atomic E-state index is 12.3. The first-order valence-electron chi connectivity index (χ1n) is 8.70. The number of hydrogen-bond acceptors (Lipinski definition) is 7. The summed E-state index contributed by atoms with van der Waals surface area (Å²) >= 11 is 9.55. The standard InChI is InChI=1S/C20H16BrClN2O6/c1-10(2)29-18-14(21)6-11(8-17(18)28-3)7-16-20(25)30-19(23-16)13-5-4-12(24(26)27)9-15(13)22/h4-10H,1-3H3/b16-7-. The Hall–Kier alpha value is -2.91. The van der Waals surface area contributed by atoms with Gasteiger partial charge in [0.05, 0.1) is 33.2 Å². The van der Waals surface area contributed by atoms with E-state index in [0.29, 0.717) is 21.5 Å². The van der Waals surface area contributed by atoms with Gasteiger partial charge < -0.3 is 14.2 Å². The molecule has 0 bridgehead atoms. The highest BCUT2D eigenvalue weighted by Gasteiger charge is 2.27. The Morgan fingerprint density at radius 3 is 2.63 bits per heavy atom. The van der Waals surface area contributed by atoms with E-state index in [9.17, 15) is 14.9 Å². The van der Waals surface area contributed by atoms with E-state index < -0.39 is 10.9 Å². The number of carbonyl (C=O) groups excluding carboxylic acids is 1. The second kappa shape index (κ2) is 8.85. The summed E-state index contributed by atoms with van der Waals surface area (Å²) in [4.78, 5) is 26.8. The average molecular weight is 496 g/mol. The molecule has 3 rings (SSSR count). The lowest BCUT2D eigenvalue weighted by Crippen LogP contribution is -2.07. The number of hydrogen-bond donors (Lipinski definition) is 0. The number of benzene rings is 2. The molecular formula is C20H16BrClN2O6. The lowest BCUT2D eigenvalue weighted by molar-refractivity contribution is -0.384. The van der Waals surface area contributed by atoms with Gasteiger partial charge in [0, 0.05) is 12.1 Å². The topological polar surface area (TPSA) is 100 Å². The maximum Gasteiger partial charge on any atom is 0.363 e. The molecule has 1 heterocycles. The van der Waals surface area contributed by atoms with E-state index in [1.807, 2.05) is 13.8 Å². The van der Waals surface area contributed by atoms with Crippen LogP contribution in [-0.2, 0) is 9.53 Å². The van der Waals surface area contributed by atoms with Crippen LogP contribution in [0.1, 0.15) is 25.0 Å². The first kappa shape index (κ1) is 21.8. The highest BCUT2D eigenvalue weighted by atomic mass is 79.9. The molecule has 0 unspecified atom stereocenters. The number of cyclic esters (lactones) is 1. The van der Waals surface area contributed by atoms with Gasteiger partial charge in [-0.05, 0) is 59.6 Å². The van der Waals surface area contributed by atoms with E-state index in [2.05, 4.69) is 20.9 Å². The van der Waals surface area contributed by atoms with Crippen LogP contribution in [0, 0.1) is 10.1 Å². The minimum atomic E-state index is -0.669. The zero-order valence-corrected chi connectivity index (χ0v) is 18.5. The number of nitro benzene ring substituents is 1. The second-order valence-electron chi connectivity index (χ2n) is 6.46. The van der Waals surface area contributed by atoms with Crippen LogP contribution in [0.5, 0.6) is 11.5 Å². The summed E-state index contributed by atoms with van der Waals surface area (Å²) in [6.07, 6.45) is 1.48. The van der Waals surface area contributed by atoms with Crippen LogP contribution in [0.15, 0.2) is 45.5 Å². The van der Waals surface area contributed by atoms with Crippen molar-refractivity contribution in [1.82, 2.24) is 0 Å². The molecule has 0 radical (unpaired) electrons. The van der Waals surface area contributed by atoms with Gasteiger partial charge in [-0.3, -0.25) is 10.1 Å². The Bertz CT molecular complexity index is 1100. The zero-order chi connectivity index (χ0) is 22.0. The fraction of sp³-hybridized carbons (Fsp3) is 0.200. The summed E-state index contributed by atoms with van der Waals surface area (Å²) in [5, 5.41) is 10.9. The van der Waals surface area contributed by atoms with Gasteiger partial charge >= 0.3 is 5.97 Å². The molecule has 1 aliphatic rings. The highest BCUT2D eigenvalue weighted by Crippen LogP contribution is 2.38. The minimum Gasteiger partial charge on any atom is -0.493 e. The molecule has 0 amide bonds. The molecule has 2 aromatic rings. The lowest BCUT2D eigenvalue weighted by Gasteiger charge is -2.15. The molecule has 1 aliphatic heterocycles. The van der Waals surface area contributed by atoms with E-state index in [1.54, 1.807) is 12.1 Å². The van der Waals surface area contributed by atoms with Gasteiger partial charge in [0.2, 0.25) is 5.90 Å². The predicted molar refractivity (Wildman–Crippen MR) is 115 cm³/mol. The minimum absolute atomic E-state index is 0.0306. The van der Waals surface area contributed by atoms with Crippen LogP contribution >= 0.6 is 27.5 Å². The molecule has 0 aliphatic carbocycles. The van der Waals surface area contributed by atoms with Crippen LogP contribution in [0.3, 0.4) is 0 Å². The van der Waals surface area contributed by atoms with Crippen LogP contribution in [0.2, 0.25) is 5.02 Å². The van der Waals surface area contributed by atoms with E-state index in [-0.39, 0.29) is 34.0 Å². The third-order valence-electron chi connectivity index (χ3n) is 3.92. The normalized spacial score (nSPS) is 14.7. The van der Waals surface area contributed by atoms with Gasteiger partial charge in [-0.15, -0.1) is 0 Å². The van der Waals surface area contributed by atoms with Crippen molar-refractivity contribution in [2.45, 2.75) is 20.0 Å². The van der Waals surface area contributed by atoms with E-state index in [1.165, 1.54) is 31.4 Å². The molecule has 0 saturated carbocycles. The molecule has 0 atom stereocenters. The third kappa shape index (κ3) is 4.63. The van der Waals surface area contributed by atoms with Crippen molar-refractivity contribution in [3.63, 3.8) is 0 Å². The van der Waals surface area contributed by atoms with Gasteiger partial charge in [0.25, 0.3) is 5.69 Å². The van der Waals surface area contributed by atoms with Crippen molar-refractivity contribution >= 4 is 51.2 Å². The van der Waals surface area contributed by atoms with E-state index >= 15 is 0 Å². The van der Waals surface area contributed by atoms with Gasteiger partial charge in [-0.25, -0.2) is 9.79 Å². The second-order valence-corrected chi connectivity index (χ2v) is 7.72. The Labute approximate surface area is 185 Å². The summed E-state index contributed by atoms with van der Waals surface area (Å²) in [7, 11) is 1.52. The van der Waals surface area contributed by atoms with Gasteiger partial charge in [0.1, 0.15) is 0 Å². The molecule has 0 N–H and O–H groups in total. The van der Waals surface area contributed by atoms with Crippen LogP contribution in [-0.4, -0.2) is 30.0 Å². The number of methoxy groups -OCH3 is 1. The van der Waals surface area contributed by atoms with Crippen LogP contribution in [0.25, 0.3) is 6.08 Å². The molecular weight excluding hydrogens is 480 g/mol. The molecule has 0 spiro atoms. The Balaban J connectivity index is 1.97. The smallest absolute Gasteiger partial charge is 0.363 e. The van der Waals surface area contributed by atoms with Gasteiger partial charge in [-0.1, -0.05) is 11.6 Å². The molecule has 30 heavy (non-hydrogen) atoms. The number of halogens is 2. The molecule has 0 saturated heterocycles. The Morgan fingerprint density at radius 1 is 1.30 bits per heavy atom. The molecule has 0 aromatic heterocycles. The van der Waals surface area contributed by atoms with E-state index in [4.69, 9.17) is 25.8 Å². The zero-order valence-electron chi connectivity index (χ0n) is 16.1. The third-order valence-corrected chi connectivity index (χ3v) is 4.82. The van der Waals surface area contributed by atoms with Crippen molar-refractivity contribution in [2.24, 2.45) is 4.99 Å². The van der Waals surface area contributed by atoms with Crippen LogP contribution < -0.4 is 9.47 Å². The summed E-state index contributed by atoms with van der Waals surface area (Å²) in [6.45, 7) is 3.80. The molecule has 10 heteroatoms. The summed E-state index contributed by atoms with van der Waals surface area (Å²) in [6, 6.07) is 7.27. The lowest BCUT2D eigenvalue weighted by atomic mass is 10.1. The molecule has 8 nitrogen and oxygen atoms in total. The molecule has 0 fully saturated rings. The molecule has 156 valence electrons. The number of nitro groups is 1. The highest BCUT2D eigenvalue weighted by molar-refractivity contribution is 9.10. The monoisotopic (exact) mass is 494 g/mol. The fourth-order valence-electron chi connectivity index (χ4n) is 2.65. The summed E-state index contributed by atoms with van der Waals surface area (Å²) in [5.74, 6) is 0.332. The van der Waals surface area contributed by atoms with Crippen molar-refractivity contribution < 1.29 is 23.9 Å². The van der Waals surface area contributed by atoms with Gasteiger partial charge in [-0.2, -0.15) is 0 Å². The van der Waals surface area contributed by atoms with Crippen molar-refractivity contribution in [3.05, 3.63) is 66.8 Å². The summed E-state index contributed by atoms with van der Waals surface area (Å²) < 4.78 is 17.0. The number of non-ortho nitro benzene ring substituents is 1. The SMILES string of the molecule is COc1cc(/C=C2\N=C(c3ccc([N+](=O)[O-])cc3Cl)OC2=O)cc(Br)c1OC(C)C. The number of carbonyl (C=O) groups is 1. The maximum atomic E-state index is 12.3. The largest absolute Gasteiger partial charge is 0.493 e. The quantitative estimate of drug-likeness (QED) is 0.238. The Morgan fingerprint density at radius 2 is 2.03 bits per heavy atom.